The van der Waals surface area contributed by atoms with Gasteiger partial charge >= 0.3 is 5.97 Å². The van der Waals surface area contributed by atoms with Crippen LogP contribution in [0.4, 0.5) is 0 Å². The number of nitrogens with two attached hydrogens (primary N) is 2. The number of furan rings is 1. The highest BCUT2D eigenvalue weighted by molar-refractivity contribution is 6.12. The van der Waals surface area contributed by atoms with E-state index in [1.54, 1.807) is 37.3 Å². The highest BCUT2D eigenvalue weighted by Crippen LogP contribution is 2.36. The van der Waals surface area contributed by atoms with Gasteiger partial charge in [-0.3, -0.25) is 4.79 Å². The van der Waals surface area contributed by atoms with Gasteiger partial charge in [0, 0.05) is 16.5 Å². The predicted molar refractivity (Wildman–Crippen MR) is 125 cm³/mol. The van der Waals surface area contributed by atoms with Crippen molar-refractivity contribution in [2.75, 3.05) is 6.61 Å². The number of rotatable bonds is 4. The normalized spacial score (nSPS) is 11.2. The minimum absolute atomic E-state index is 0.122. The van der Waals surface area contributed by atoms with E-state index in [0.29, 0.717) is 33.4 Å². The first-order valence-corrected chi connectivity index (χ1v) is 10.2. The van der Waals surface area contributed by atoms with E-state index in [4.69, 9.17) is 20.8 Å². The van der Waals surface area contributed by atoms with Gasteiger partial charge < -0.3 is 25.4 Å². The summed E-state index contributed by atoms with van der Waals surface area (Å²) in [6, 6.07) is 14.2. The average Bonchev–Trinajstić information content (AvgIpc) is 3.19. The minimum Gasteiger partial charge on any atom is -0.462 e. The number of H-pyrrole nitrogens is 1. The molecule has 0 aliphatic heterocycles. The van der Waals surface area contributed by atoms with E-state index < -0.39 is 11.5 Å². The van der Waals surface area contributed by atoms with Crippen molar-refractivity contribution in [3.8, 4) is 11.1 Å². The van der Waals surface area contributed by atoms with Crippen molar-refractivity contribution < 1.29 is 13.9 Å². The first kappa shape index (κ1) is 22.6. The molecule has 0 saturated carbocycles. The lowest BCUT2D eigenvalue weighted by molar-refractivity contribution is 0.0525. The molecule has 4 rings (SSSR count). The van der Waals surface area contributed by atoms with Crippen LogP contribution in [0.1, 0.15) is 36.7 Å². The molecule has 0 radical (unpaired) electrons. The zero-order valence-corrected chi connectivity index (χ0v) is 18.1. The fraction of sp³-hybridized carbons (Fsp3) is 0.174. The summed E-state index contributed by atoms with van der Waals surface area (Å²) in [6.07, 6.45) is 0. The molecule has 4 aromatic rings. The Bertz CT molecular complexity index is 1350. The van der Waals surface area contributed by atoms with E-state index >= 15 is 0 Å². The molecular formula is C23H25N5O4. The largest absolute Gasteiger partial charge is 0.462 e. The third-order valence-corrected chi connectivity index (χ3v) is 4.71. The first-order chi connectivity index (χ1) is 15.6. The second-order valence-corrected chi connectivity index (χ2v) is 6.43. The van der Waals surface area contributed by atoms with Gasteiger partial charge in [0.25, 0.3) is 5.56 Å². The van der Waals surface area contributed by atoms with Crippen LogP contribution in [-0.2, 0) is 4.74 Å². The smallest absolute Gasteiger partial charge is 0.344 e. The topological polar surface area (TPSA) is 149 Å². The number of fused-ring (bicyclic) bond motifs is 3. The maximum absolute atomic E-state index is 12.9. The van der Waals surface area contributed by atoms with Gasteiger partial charge in [0.2, 0.25) is 0 Å². The lowest BCUT2D eigenvalue weighted by Crippen LogP contribution is -2.32. The van der Waals surface area contributed by atoms with Crippen molar-refractivity contribution in [3.63, 3.8) is 0 Å². The van der Waals surface area contributed by atoms with Crippen LogP contribution in [0.2, 0.25) is 0 Å². The van der Waals surface area contributed by atoms with Crippen LogP contribution >= 0.6 is 0 Å². The van der Waals surface area contributed by atoms with Crippen molar-refractivity contribution in [1.82, 2.24) is 10.4 Å². The highest BCUT2D eigenvalue weighted by Gasteiger charge is 2.25. The predicted octanol–water partition coefficient (Wildman–Crippen LogP) is 3.23. The van der Waals surface area contributed by atoms with E-state index in [0.717, 1.165) is 5.39 Å². The summed E-state index contributed by atoms with van der Waals surface area (Å²) in [5, 5.41) is 4.34. The molecule has 0 saturated heterocycles. The van der Waals surface area contributed by atoms with Gasteiger partial charge in [0.15, 0.2) is 11.4 Å². The molecular weight excluding hydrogens is 410 g/mol. The molecule has 2 aromatic carbocycles. The number of pyridine rings is 1. The Morgan fingerprint density at radius 1 is 1.19 bits per heavy atom. The number of carbonyl (C=O) groups is 1. The fourth-order valence-electron chi connectivity index (χ4n) is 3.44. The van der Waals surface area contributed by atoms with Gasteiger partial charge in [0.05, 0.1) is 12.1 Å². The molecule has 0 bridgehead atoms. The van der Waals surface area contributed by atoms with Gasteiger partial charge in [-0.2, -0.15) is 5.10 Å². The second kappa shape index (κ2) is 9.80. The SMILES string of the molecule is CC.CCOC(=O)c1c(-c2cccc(/C(=N/N)NN)c2)c2oc3ccccc3c2[nH]c1=O. The summed E-state index contributed by atoms with van der Waals surface area (Å²) in [5.74, 6) is 10.4. The quantitative estimate of drug-likeness (QED) is 0.126. The fourth-order valence-corrected chi connectivity index (χ4v) is 3.44. The molecule has 32 heavy (non-hydrogen) atoms. The van der Waals surface area contributed by atoms with E-state index in [9.17, 15) is 9.59 Å². The number of hydrogen-bond donors (Lipinski definition) is 4. The van der Waals surface area contributed by atoms with Gasteiger partial charge in [-0.15, -0.1) is 0 Å². The summed E-state index contributed by atoms with van der Waals surface area (Å²) >= 11 is 0. The monoisotopic (exact) mass is 435 g/mol. The molecule has 0 fully saturated rings. The van der Waals surface area contributed by atoms with Crippen LogP contribution in [0.5, 0.6) is 0 Å². The standard InChI is InChI=1S/C21H19N5O4.C2H6/c1-2-29-21(28)16-15(11-6-5-7-12(10-11)19(25-22)26-23)18-17(24-20(16)27)13-8-3-4-9-14(13)30-18;1-2/h3-10H,2,22-23H2,1H3,(H,24,27)(H,25,26);1-2H3. The number of aromatic nitrogens is 1. The molecule has 0 unspecified atom stereocenters. The number of ether oxygens (including phenoxy) is 1. The van der Waals surface area contributed by atoms with Crippen LogP contribution in [0.15, 0.2) is 62.8 Å². The lowest BCUT2D eigenvalue weighted by atomic mass is 9.97. The third-order valence-electron chi connectivity index (χ3n) is 4.71. The van der Waals surface area contributed by atoms with E-state index in [-0.39, 0.29) is 18.0 Å². The van der Waals surface area contributed by atoms with Crippen LogP contribution in [0, 0.1) is 0 Å². The van der Waals surface area contributed by atoms with E-state index in [2.05, 4.69) is 15.5 Å². The van der Waals surface area contributed by atoms with Crippen molar-refractivity contribution in [1.29, 1.82) is 0 Å². The zero-order valence-electron chi connectivity index (χ0n) is 18.1. The molecule has 0 spiro atoms. The zero-order chi connectivity index (χ0) is 23.3. The minimum atomic E-state index is -0.744. The number of hydrazine groups is 1. The van der Waals surface area contributed by atoms with Crippen molar-refractivity contribution in [2.45, 2.75) is 20.8 Å². The summed E-state index contributed by atoms with van der Waals surface area (Å²) in [7, 11) is 0. The summed E-state index contributed by atoms with van der Waals surface area (Å²) in [4.78, 5) is 28.4. The van der Waals surface area contributed by atoms with E-state index in [1.807, 2.05) is 32.0 Å². The number of carbonyl (C=O) groups excluding carboxylic acids is 1. The Hall–Kier alpha value is -4.11. The molecule has 2 heterocycles. The molecule has 9 heteroatoms. The number of amidine groups is 1. The summed E-state index contributed by atoms with van der Waals surface area (Å²) in [6.45, 7) is 5.79. The van der Waals surface area contributed by atoms with Crippen LogP contribution < -0.4 is 22.7 Å². The van der Waals surface area contributed by atoms with E-state index in [1.165, 1.54) is 0 Å². The Labute approximate surface area is 184 Å². The highest BCUT2D eigenvalue weighted by atomic mass is 16.5. The third kappa shape index (κ3) is 3.93. The number of hydrazone groups is 1. The first-order valence-electron chi connectivity index (χ1n) is 10.2. The second-order valence-electron chi connectivity index (χ2n) is 6.43. The summed E-state index contributed by atoms with van der Waals surface area (Å²) in [5.41, 5.74) is 4.56. The van der Waals surface area contributed by atoms with Crippen molar-refractivity contribution >= 4 is 33.9 Å². The van der Waals surface area contributed by atoms with Crippen molar-refractivity contribution in [3.05, 3.63) is 70.0 Å². The number of nitrogens with zero attached hydrogens (tertiary/aromatic N) is 1. The van der Waals surface area contributed by atoms with Crippen LogP contribution in [-0.4, -0.2) is 23.4 Å². The number of hydrogen-bond acceptors (Lipinski definition) is 7. The van der Waals surface area contributed by atoms with Crippen molar-refractivity contribution in [2.24, 2.45) is 16.8 Å². The molecule has 2 aromatic heterocycles. The molecule has 0 amide bonds. The molecule has 0 aliphatic carbocycles. The molecule has 9 nitrogen and oxygen atoms in total. The number of esters is 1. The Morgan fingerprint density at radius 3 is 2.62 bits per heavy atom. The Morgan fingerprint density at radius 2 is 1.94 bits per heavy atom. The number of nitrogens with one attached hydrogen (secondary N) is 2. The Kier molecular flexibility index (Phi) is 6.91. The average molecular weight is 435 g/mol. The van der Waals surface area contributed by atoms with Gasteiger partial charge in [0.1, 0.15) is 11.1 Å². The number of aromatic amines is 1. The molecule has 0 atom stereocenters. The number of para-hydroxylation sites is 1. The lowest BCUT2D eigenvalue weighted by Gasteiger charge is -2.11. The number of benzene rings is 2. The van der Waals surface area contributed by atoms with Gasteiger partial charge in [-0.05, 0) is 30.7 Å². The molecule has 6 N–H and O–H groups in total. The van der Waals surface area contributed by atoms with Crippen LogP contribution in [0.3, 0.4) is 0 Å². The van der Waals surface area contributed by atoms with Gasteiger partial charge in [-0.1, -0.05) is 44.2 Å². The van der Waals surface area contributed by atoms with Crippen LogP contribution in [0.25, 0.3) is 33.2 Å². The molecule has 0 aliphatic rings. The Balaban J connectivity index is 0.00000141. The summed E-state index contributed by atoms with van der Waals surface area (Å²) < 4.78 is 11.2. The maximum atomic E-state index is 12.9. The maximum Gasteiger partial charge on any atom is 0.344 e. The van der Waals surface area contributed by atoms with Gasteiger partial charge in [-0.25, -0.2) is 10.6 Å². The molecule has 166 valence electrons.